The van der Waals surface area contributed by atoms with Crippen LogP contribution in [0.5, 0.6) is 5.75 Å². The molecule has 0 fully saturated rings. The maximum Gasteiger partial charge on any atom is 0.119 e. The van der Waals surface area contributed by atoms with Crippen LogP contribution in [0.4, 0.5) is 0 Å². The minimum atomic E-state index is 0.238. The molecule has 1 aromatic carbocycles. The molecule has 0 saturated heterocycles. The molecule has 14 heavy (non-hydrogen) atoms. The summed E-state index contributed by atoms with van der Waals surface area (Å²) in [5.74, 6) is 1.86. The number of hydrogen-bond donors (Lipinski definition) is 1. The van der Waals surface area contributed by atoms with Crippen molar-refractivity contribution in [2.45, 2.75) is 24.8 Å². The fourth-order valence-electron chi connectivity index (χ4n) is 1.13. The molecule has 0 bridgehead atoms. The van der Waals surface area contributed by atoms with Crippen LogP contribution in [-0.2, 0) is 0 Å². The summed E-state index contributed by atoms with van der Waals surface area (Å²) in [6.07, 6.45) is 0. The van der Waals surface area contributed by atoms with E-state index in [9.17, 15) is 0 Å². The Balaban J connectivity index is 2.69. The van der Waals surface area contributed by atoms with Gasteiger partial charge in [0.2, 0.25) is 0 Å². The molecule has 2 nitrogen and oxygen atoms in total. The van der Waals surface area contributed by atoms with Crippen molar-refractivity contribution in [3.8, 4) is 5.75 Å². The van der Waals surface area contributed by atoms with Crippen LogP contribution in [0.3, 0.4) is 0 Å². The predicted molar refractivity (Wildman–Crippen MR) is 62.1 cm³/mol. The molecule has 0 heterocycles. The Morgan fingerprint density at radius 2 is 2.21 bits per heavy atom. The zero-order chi connectivity index (χ0) is 10.6. The molecule has 0 saturated carbocycles. The predicted octanol–water partition coefficient (Wildman–Crippen LogP) is 2.44. The van der Waals surface area contributed by atoms with E-state index in [0.717, 1.165) is 11.5 Å². The highest BCUT2D eigenvalue weighted by atomic mass is 32.2. The first-order chi connectivity index (χ1) is 6.63. The van der Waals surface area contributed by atoms with E-state index in [2.05, 4.69) is 13.0 Å². The van der Waals surface area contributed by atoms with Gasteiger partial charge in [-0.2, -0.15) is 0 Å². The van der Waals surface area contributed by atoms with Gasteiger partial charge in [-0.05, 0) is 37.6 Å². The first-order valence-electron chi connectivity index (χ1n) is 4.66. The van der Waals surface area contributed by atoms with E-state index in [0.29, 0.717) is 0 Å². The summed E-state index contributed by atoms with van der Waals surface area (Å²) in [4.78, 5) is 1.28. The second-order valence-electron chi connectivity index (χ2n) is 3.42. The maximum absolute atomic E-state index is 5.70. The van der Waals surface area contributed by atoms with E-state index in [1.165, 1.54) is 10.5 Å². The lowest BCUT2D eigenvalue weighted by Gasteiger charge is -2.09. The number of hydrogen-bond acceptors (Lipinski definition) is 3. The Labute approximate surface area is 89.8 Å². The monoisotopic (exact) mass is 211 g/mol. The minimum Gasteiger partial charge on any atom is -0.497 e. The Bertz CT molecular complexity index is 299. The molecule has 0 aliphatic carbocycles. The van der Waals surface area contributed by atoms with Crippen molar-refractivity contribution >= 4 is 11.8 Å². The van der Waals surface area contributed by atoms with Crippen LogP contribution in [0.2, 0.25) is 0 Å². The van der Waals surface area contributed by atoms with Crippen molar-refractivity contribution in [2.75, 3.05) is 12.9 Å². The van der Waals surface area contributed by atoms with Gasteiger partial charge >= 0.3 is 0 Å². The number of benzene rings is 1. The van der Waals surface area contributed by atoms with Crippen LogP contribution < -0.4 is 10.5 Å². The molecular formula is C11H17NOS. The van der Waals surface area contributed by atoms with Gasteiger partial charge < -0.3 is 10.5 Å². The van der Waals surface area contributed by atoms with Gasteiger partial charge in [-0.15, -0.1) is 11.8 Å². The highest BCUT2D eigenvalue weighted by Crippen LogP contribution is 2.26. The third-order valence-corrected chi connectivity index (χ3v) is 3.35. The Morgan fingerprint density at radius 1 is 1.50 bits per heavy atom. The second kappa shape index (κ2) is 5.27. The highest BCUT2D eigenvalue weighted by molar-refractivity contribution is 7.99. The topological polar surface area (TPSA) is 35.2 Å². The van der Waals surface area contributed by atoms with Gasteiger partial charge in [-0.25, -0.2) is 0 Å². The van der Waals surface area contributed by atoms with E-state index >= 15 is 0 Å². The second-order valence-corrected chi connectivity index (χ2v) is 4.48. The smallest absolute Gasteiger partial charge is 0.119 e. The summed E-state index contributed by atoms with van der Waals surface area (Å²) >= 11 is 1.79. The molecule has 0 aliphatic heterocycles. The normalized spacial score (nSPS) is 12.6. The van der Waals surface area contributed by atoms with Crippen LogP contribution in [0.1, 0.15) is 12.5 Å². The van der Waals surface area contributed by atoms with E-state index in [1.54, 1.807) is 18.9 Å². The average molecular weight is 211 g/mol. The van der Waals surface area contributed by atoms with Gasteiger partial charge in [-0.3, -0.25) is 0 Å². The molecule has 0 aliphatic rings. The van der Waals surface area contributed by atoms with Gasteiger partial charge in [0, 0.05) is 16.7 Å². The molecule has 2 N–H and O–H groups in total. The lowest BCUT2D eigenvalue weighted by Crippen LogP contribution is -2.17. The summed E-state index contributed by atoms with van der Waals surface area (Å²) in [6, 6.07) is 6.35. The number of thioether (sulfide) groups is 1. The van der Waals surface area contributed by atoms with Crippen LogP contribution in [0.25, 0.3) is 0 Å². The third kappa shape index (κ3) is 3.24. The largest absolute Gasteiger partial charge is 0.497 e. The van der Waals surface area contributed by atoms with Crippen molar-refractivity contribution < 1.29 is 4.74 Å². The number of methoxy groups -OCH3 is 1. The average Bonchev–Trinajstić information content (AvgIpc) is 2.15. The van der Waals surface area contributed by atoms with Crippen LogP contribution >= 0.6 is 11.8 Å². The molecule has 1 atom stereocenters. The molecule has 1 rings (SSSR count). The SMILES string of the molecule is COc1ccc(SCC(C)N)c(C)c1. The molecule has 3 heteroatoms. The minimum absolute atomic E-state index is 0.238. The lowest BCUT2D eigenvalue weighted by atomic mass is 10.2. The van der Waals surface area contributed by atoms with Crippen LogP contribution in [-0.4, -0.2) is 18.9 Å². The van der Waals surface area contributed by atoms with Gasteiger partial charge in [0.05, 0.1) is 7.11 Å². The van der Waals surface area contributed by atoms with Crippen molar-refractivity contribution in [2.24, 2.45) is 5.73 Å². The molecule has 0 amide bonds. The summed E-state index contributed by atoms with van der Waals surface area (Å²) in [5, 5.41) is 0. The number of nitrogens with two attached hydrogens (primary N) is 1. The van der Waals surface area contributed by atoms with Crippen molar-refractivity contribution in [3.05, 3.63) is 23.8 Å². The molecule has 78 valence electrons. The first-order valence-corrected chi connectivity index (χ1v) is 5.65. The maximum atomic E-state index is 5.70. The lowest BCUT2D eigenvalue weighted by molar-refractivity contribution is 0.414. The van der Waals surface area contributed by atoms with E-state index in [4.69, 9.17) is 10.5 Å². The summed E-state index contributed by atoms with van der Waals surface area (Å²) in [7, 11) is 1.68. The van der Waals surface area contributed by atoms with Crippen LogP contribution in [0, 0.1) is 6.92 Å². The van der Waals surface area contributed by atoms with E-state index in [-0.39, 0.29) is 6.04 Å². The van der Waals surface area contributed by atoms with E-state index < -0.39 is 0 Å². The van der Waals surface area contributed by atoms with Crippen molar-refractivity contribution in [1.82, 2.24) is 0 Å². The van der Waals surface area contributed by atoms with Gasteiger partial charge in [0.25, 0.3) is 0 Å². The molecule has 1 unspecified atom stereocenters. The number of ether oxygens (including phenoxy) is 1. The Morgan fingerprint density at radius 3 is 2.71 bits per heavy atom. The molecule has 0 spiro atoms. The Kier molecular flexibility index (Phi) is 4.29. The van der Waals surface area contributed by atoms with Gasteiger partial charge in [-0.1, -0.05) is 0 Å². The van der Waals surface area contributed by atoms with Crippen LogP contribution in [0.15, 0.2) is 23.1 Å². The Hall–Kier alpha value is -0.670. The quantitative estimate of drug-likeness (QED) is 0.777. The zero-order valence-electron chi connectivity index (χ0n) is 8.91. The molecule has 0 radical (unpaired) electrons. The molecular weight excluding hydrogens is 194 g/mol. The fraction of sp³-hybridized carbons (Fsp3) is 0.455. The van der Waals surface area contributed by atoms with E-state index in [1.807, 2.05) is 19.1 Å². The summed E-state index contributed by atoms with van der Waals surface area (Å²) in [6.45, 7) is 4.11. The van der Waals surface area contributed by atoms with Crippen molar-refractivity contribution in [3.63, 3.8) is 0 Å². The highest BCUT2D eigenvalue weighted by Gasteiger charge is 2.02. The number of aryl methyl sites for hydroxylation is 1. The zero-order valence-corrected chi connectivity index (χ0v) is 9.73. The standard InChI is InChI=1S/C11H17NOS/c1-8-6-10(13-3)4-5-11(8)14-7-9(2)12/h4-6,9H,7,12H2,1-3H3. The summed E-state index contributed by atoms with van der Waals surface area (Å²) in [5.41, 5.74) is 6.95. The summed E-state index contributed by atoms with van der Waals surface area (Å²) < 4.78 is 5.14. The molecule has 1 aromatic rings. The molecule has 0 aromatic heterocycles. The first kappa shape index (κ1) is 11.4. The number of rotatable bonds is 4. The fourth-order valence-corrected chi connectivity index (χ4v) is 2.03. The third-order valence-electron chi connectivity index (χ3n) is 1.88. The van der Waals surface area contributed by atoms with Crippen molar-refractivity contribution in [1.29, 1.82) is 0 Å². The van der Waals surface area contributed by atoms with Gasteiger partial charge in [0.15, 0.2) is 0 Å². The van der Waals surface area contributed by atoms with Gasteiger partial charge in [0.1, 0.15) is 5.75 Å².